The number of hydrogen-bond donors (Lipinski definition) is 1. The van der Waals surface area contributed by atoms with E-state index in [2.05, 4.69) is 0 Å². The van der Waals surface area contributed by atoms with Gasteiger partial charge in [0, 0.05) is 21.7 Å². The fourth-order valence-electron chi connectivity index (χ4n) is 1.16. The van der Waals surface area contributed by atoms with E-state index in [9.17, 15) is 0 Å². The molecule has 0 spiro atoms. The lowest BCUT2D eigenvalue weighted by molar-refractivity contribution is 0.514. The minimum absolute atomic E-state index is 0.0961. The Kier molecular flexibility index (Phi) is 3.60. The molecule has 0 saturated carbocycles. The first-order chi connectivity index (χ1) is 6.04. The minimum atomic E-state index is -0.0961. The first-order valence-electron chi connectivity index (χ1n) is 4.23. The molecule has 0 aliphatic rings. The minimum Gasteiger partial charge on any atom is -0.324 e. The zero-order valence-corrected chi connectivity index (χ0v) is 9.23. The van der Waals surface area contributed by atoms with Crippen LogP contribution in [0.4, 0.5) is 0 Å². The molecule has 1 nitrogen and oxygen atoms in total. The van der Waals surface area contributed by atoms with Crippen LogP contribution < -0.4 is 5.73 Å². The molecule has 3 heteroatoms. The highest BCUT2D eigenvalue weighted by Crippen LogP contribution is 2.32. The van der Waals surface area contributed by atoms with Gasteiger partial charge in [-0.05, 0) is 18.1 Å². The van der Waals surface area contributed by atoms with Crippen LogP contribution in [0.25, 0.3) is 0 Å². The maximum absolute atomic E-state index is 6.00. The Morgan fingerprint density at radius 2 is 1.62 bits per heavy atom. The zero-order chi connectivity index (χ0) is 10.0. The van der Waals surface area contributed by atoms with Crippen LogP contribution in [0.15, 0.2) is 18.2 Å². The summed E-state index contributed by atoms with van der Waals surface area (Å²) in [4.78, 5) is 0. The summed E-state index contributed by atoms with van der Waals surface area (Å²) in [5.41, 5.74) is 6.82. The molecule has 13 heavy (non-hydrogen) atoms. The number of halogens is 2. The Balaban J connectivity index is 3.12. The van der Waals surface area contributed by atoms with E-state index >= 15 is 0 Å². The van der Waals surface area contributed by atoms with Gasteiger partial charge in [0.2, 0.25) is 0 Å². The Labute approximate surface area is 88.8 Å². The van der Waals surface area contributed by atoms with Crippen LogP contribution >= 0.6 is 23.2 Å². The Hall–Kier alpha value is -0.240. The van der Waals surface area contributed by atoms with Crippen molar-refractivity contribution in [1.29, 1.82) is 0 Å². The van der Waals surface area contributed by atoms with E-state index in [1.807, 2.05) is 32.0 Å². The second-order valence-corrected chi connectivity index (χ2v) is 4.22. The van der Waals surface area contributed by atoms with E-state index in [-0.39, 0.29) is 6.04 Å². The van der Waals surface area contributed by atoms with Gasteiger partial charge in [0.15, 0.2) is 0 Å². The average Bonchev–Trinajstić information content (AvgIpc) is 2.03. The van der Waals surface area contributed by atoms with Crippen molar-refractivity contribution in [1.82, 2.24) is 0 Å². The van der Waals surface area contributed by atoms with Gasteiger partial charge in [-0.3, -0.25) is 0 Å². The van der Waals surface area contributed by atoms with E-state index in [1.54, 1.807) is 0 Å². The van der Waals surface area contributed by atoms with Gasteiger partial charge in [-0.15, -0.1) is 0 Å². The van der Waals surface area contributed by atoms with Crippen LogP contribution in [0.5, 0.6) is 0 Å². The van der Waals surface area contributed by atoms with Crippen molar-refractivity contribution in [3.05, 3.63) is 33.8 Å². The van der Waals surface area contributed by atoms with Gasteiger partial charge in [0.05, 0.1) is 0 Å². The van der Waals surface area contributed by atoms with Gasteiger partial charge in [-0.25, -0.2) is 0 Å². The molecular formula is C10H13Cl2N. The van der Waals surface area contributed by atoms with E-state index in [0.717, 1.165) is 5.56 Å². The van der Waals surface area contributed by atoms with Gasteiger partial charge < -0.3 is 5.73 Å². The highest BCUT2D eigenvalue weighted by atomic mass is 35.5. The summed E-state index contributed by atoms with van der Waals surface area (Å²) in [5.74, 6) is 0.331. The molecule has 0 heterocycles. The van der Waals surface area contributed by atoms with Crippen molar-refractivity contribution in [3.63, 3.8) is 0 Å². The average molecular weight is 218 g/mol. The van der Waals surface area contributed by atoms with Crippen LogP contribution in [0.3, 0.4) is 0 Å². The van der Waals surface area contributed by atoms with Crippen molar-refractivity contribution < 1.29 is 0 Å². The summed E-state index contributed by atoms with van der Waals surface area (Å²) >= 11 is 12.0. The van der Waals surface area contributed by atoms with Crippen LogP contribution in [0.1, 0.15) is 25.5 Å². The Morgan fingerprint density at radius 3 is 2.00 bits per heavy atom. The summed E-state index contributed by atoms with van der Waals surface area (Å²) in [6, 6.07) is 5.35. The molecule has 0 amide bonds. The maximum atomic E-state index is 6.00. The van der Waals surface area contributed by atoms with Crippen LogP contribution in [0, 0.1) is 5.92 Å². The van der Waals surface area contributed by atoms with E-state index in [1.165, 1.54) is 0 Å². The molecule has 0 saturated heterocycles. The molecule has 0 aliphatic heterocycles. The smallest absolute Gasteiger partial charge is 0.0468 e. The predicted molar refractivity (Wildman–Crippen MR) is 58.2 cm³/mol. The van der Waals surface area contributed by atoms with Crippen LogP contribution in [-0.2, 0) is 0 Å². The number of rotatable bonds is 2. The molecule has 1 atom stereocenters. The quantitative estimate of drug-likeness (QED) is 0.805. The first kappa shape index (κ1) is 10.8. The van der Waals surface area contributed by atoms with Crippen molar-refractivity contribution in [3.8, 4) is 0 Å². The van der Waals surface area contributed by atoms with Gasteiger partial charge in [-0.2, -0.15) is 0 Å². The summed E-state index contributed by atoms with van der Waals surface area (Å²) < 4.78 is 0. The summed E-state index contributed by atoms with van der Waals surface area (Å²) in [6.45, 7) is 4.09. The third kappa shape index (κ3) is 2.37. The second kappa shape index (κ2) is 4.32. The van der Waals surface area contributed by atoms with Gasteiger partial charge >= 0.3 is 0 Å². The molecule has 1 aromatic carbocycles. The lowest BCUT2D eigenvalue weighted by atomic mass is 9.97. The molecule has 1 rings (SSSR count). The van der Waals surface area contributed by atoms with Crippen molar-refractivity contribution in [2.45, 2.75) is 19.9 Å². The van der Waals surface area contributed by atoms with Crippen molar-refractivity contribution in [2.75, 3.05) is 0 Å². The zero-order valence-electron chi connectivity index (χ0n) is 7.72. The normalized spacial score (nSPS) is 13.4. The Bertz CT molecular complexity index is 277. The van der Waals surface area contributed by atoms with Crippen molar-refractivity contribution >= 4 is 23.2 Å². The lowest BCUT2D eigenvalue weighted by Gasteiger charge is -2.18. The highest BCUT2D eigenvalue weighted by molar-refractivity contribution is 6.36. The Morgan fingerprint density at radius 1 is 1.15 bits per heavy atom. The number of hydrogen-bond acceptors (Lipinski definition) is 1. The molecule has 1 unspecified atom stereocenters. The summed E-state index contributed by atoms with van der Waals surface area (Å²) in [7, 11) is 0. The van der Waals surface area contributed by atoms with Crippen LogP contribution in [-0.4, -0.2) is 0 Å². The third-order valence-electron chi connectivity index (χ3n) is 2.05. The van der Waals surface area contributed by atoms with Gasteiger partial charge in [0.1, 0.15) is 0 Å². The number of nitrogens with two attached hydrogens (primary N) is 1. The molecule has 0 radical (unpaired) electrons. The van der Waals surface area contributed by atoms with Crippen LogP contribution in [0.2, 0.25) is 10.0 Å². The van der Waals surface area contributed by atoms with E-state index in [0.29, 0.717) is 16.0 Å². The lowest BCUT2D eigenvalue weighted by Crippen LogP contribution is -2.17. The predicted octanol–water partition coefficient (Wildman–Crippen LogP) is 3.65. The fourth-order valence-corrected chi connectivity index (χ4v) is 1.81. The maximum Gasteiger partial charge on any atom is 0.0468 e. The molecule has 2 N–H and O–H groups in total. The molecule has 0 aromatic heterocycles. The second-order valence-electron chi connectivity index (χ2n) is 3.41. The number of benzene rings is 1. The highest BCUT2D eigenvalue weighted by Gasteiger charge is 2.16. The topological polar surface area (TPSA) is 26.0 Å². The molecule has 0 fully saturated rings. The third-order valence-corrected chi connectivity index (χ3v) is 2.71. The standard InChI is InChI=1S/C10H13Cl2N/c1-6(2)10(13)9-7(11)4-3-5-8(9)12/h3-6,10H,13H2,1-2H3. The van der Waals surface area contributed by atoms with Crippen molar-refractivity contribution in [2.24, 2.45) is 11.7 Å². The SMILES string of the molecule is CC(C)C(N)c1c(Cl)cccc1Cl. The monoisotopic (exact) mass is 217 g/mol. The largest absolute Gasteiger partial charge is 0.324 e. The first-order valence-corrected chi connectivity index (χ1v) is 4.99. The fraction of sp³-hybridized carbons (Fsp3) is 0.400. The summed E-state index contributed by atoms with van der Waals surface area (Å²) in [5, 5.41) is 1.29. The molecular weight excluding hydrogens is 205 g/mol. The molecule has 72 valence electrons. The van der Waals surface area contributed by atoms with Gasteiger partial charge in [-0.1, -0.05) is 43.1 Å². The van der Waals surface area contributed by atoms with Gasteiger partial charge in [0.25, 0.3) is 0 Å². The molecule has 0 aliphatic carbocycles. The molecule has 0 bridgehead atoms. The summed E-state index contributed by atoms with van der Waals surface area (Å²) in [6.07, 6.45) is 0. The molecule has 1 aromatic rings. The van der Waals surface area contributed by atoms with E-state index in [4.69, 9.17) is 28.9 Å². The van der Waals surface area contributed by atoms with E-state index < -0.39 is 0 Å².